The third kappa shape index (κ3) is 9.19. The van der Waals surface area contributed by atoms with E-state index in [4.69, 9.17) is 21.1 Å². The molecule has 244 valence electrons. The normalized spacial score (nSPS) is 19.1. The van der Waals surface area contributed by atoms with Crippen LogP contribution in [-0.4, -0.2) is 49.6 Å². The lowest BCUT2D eigenvalue weighted by Gasteiger charge is -2.35. The Morgan fingerprint density at radius 2 is 1.73 bits per heavy atom. The molecule has 0 unspecified atom stereocenters. The molecule has 1 aliphatic heterocycles. The lowest BCUT2D eigenvalue weighted by atomic mass is 9.76. The number of carbonyl (C=O) groups is 4. The molecule has 1 saturated carbocycles. The van der Waals surface area contributed by atoms with Crippen LogP contribution in [0.15, 0.2) is 48.5 Å². The number of hydrogen-bond donors (Lipinski definition) is 3. The molecule has 45 heavy (non-hydrogen) atoms. The fourth-order valence-corrected chi connectivity index (χ4v) is 6.59. The van der Waals surface area contributed by atoms with E-state index in [0.29, 0.717) is 30.0 Å². The zero-order chi connectivity index (χ0) is 32.6. The second-order valence-corrected chi connectivity index (χ2v) is 13.0. The van der Waals surface area contributed by atoms with Crippen LogP contribution in [0, 0.1) is 17.7 Å². The number of halogens is 2. The van der Waals surface area contributed by atoms with Crippen molar-refractivity contribution in [3.05, 3.63) is 70.5 Å². The van der Waals surface area contributed by atoms with Gasteiger partial charge in [-0.05, 0) is 60.6 Å². The van der Waals surface area contributed by atoms with Crippen molar-refractivity contribution in [3.63, 3.8) is 0 Å². The van der Waals surface area contributed by atoms with Gasteiger partial charge in [-0.15, -0.1) is 0 Å². The number of hydrogen-bond acceptors (Lipinski definition) is 6. The van der Waals surface area contributed by atoms with Crippen LogP contribution in [0.5, 0.6) is 0 Å². The van der Waals surface area contributed by atoms with Crippen molar-refractivity contribution in [2.45, 2.75) is 88.8 Å². The van der Waals surface area contributed by atoms with Gasteiger partial charge in [-0.1, -0.05) is 81.8 Å². The van der Waals surface area contributed by atoms with E-state index in [1.54, 1.807) is 30.3 Å². The monoisotopic (exact) mass is 643 g/mol. The molecule has 3 N–H and O–H groups in total. The Labute approximate surface area is 268 Å². The zero-order valence-corrected chi connectivity index (χ0v) is 26.8. The van der Waals surface area contributed by atoms with Crippen LogP contribution in [0.4, 0.5) is 9.18 Å². The van der Waals surface area contributed by atoms with E-state index in [2.05, 4.69) is 16.0 Å². The van der Waals surface area contributed by atoms with Gasteiger partial charge < -0.3 is 25.4 Å². The second-order valence-electron chi connectivity index (χ2n) is 12.6. The summed E-state index contributed by atoms with van der Waals surface area (Å²) in [7, 11) is 1.22. The van der Waals surface area contributed by atoms with Crippen molar-refractivity contribution < 1.29 is 33.0 Å². The average molecular weight is 644 g/mol. The third-order valence-corrected chi connectivity index (χ3v) is 9.22. The summed E-state index contributed by atoms with van der Waals surface area (Å²) in [6, 6.07) is 10.9. The first-order valence-corrected chi connectivity index (χ1v) is 16.0. The molecule has 2 aliphatic rings. The summed E-state index contributed by atoms with van der Waals surface area (Å²) in [5, 5.41) is 8.74. The Hall–Kier alpha value is -3.66. The van der Waals surface area contributed by atoms with Gasteiger partial charge in [0.15, 0.2) is 0 Å². The van der Waals surface area contributed by atoms with Gasteiger partial charge in [0, 0.05) is 22.9 Å². The van der Waals surface area contributed by atoms with Crippen LogP contribution >= 0.6 is 11.6 Å². The summed E-state index contributed by atoms with van der Waals surface area (Å²) in [4.78, 5) is 52.2. The van der Waals surface area contributed by atoms with Gasteiger partial charge in [0.1, 0.15) is 24.0 Å². The van der Waals surface area contributed by atoms with Gasteiger partial charge in [-0.3, -0.25) is 9.59 Å². The summed E-state index contributed by atoms with van der Waals surface area (Å²) in [6.07, 6.45) is 4.16. The summed E-state index contributed by atoms with van der Waals surface area (Å²) in [6.45, 7) is 4.24. The molecule has 2 fully saturated rings. The van der Waals surface area contributed by atoms with Crippen LogP contribution in [0.2, 0.25) is 5.02 Å². The van der Waals surface area contributed by atoms with E-state index in [0.717, 1.165) is 37.7 Å². The first-order valence-electron chi connectivity index (χ1n) is 15.6. The Balaban J connectivity index is 1.57. The summed E-state index contributed by atoms with van der Waals surface area (Å²) in [5.74, 6) is -2.15. The summed E-state index contributed by atoms with van der Waals surface area (Å²) in [5.41, 5.74) is 0.351. The fourth-order valence-electron chi connectivity index (χ4n) is 6.40. The van der Waals surface area contributed by atoms with E-state index >= 15 is 0 Å². The van der Waals surface area contributed by atoms with Crippen LogP contribution in [0.25, 0.3) is 0 Å². The highest BCUT2D eigenvalue weighted by atomic mass is 35.5. The minimum atomic E-state index is -1.06. The molecule has 0 bridgehead atoms. The smallest absolute Gasteiger partial charge is 0.408 e. The molecule has 0 aromatic heterocycles. The first kappa shape index (κ1) is 34.2. The maximum absolute atomic E-state index is 14.4. The van der Waals surface area contributed by atoms with Crippen LogP contribution in [0.1, 0.15) is 82.4 Å². The van der Waals surface area contributed by atoms with E-state index < -0.39 is 53.3 Å². The van der Waals surface area contributed by atoms with Crippen LogP contribution in [0.3, 0.4) is 0 Å². The largest absolute Gasteiger partial charge is 0.467 e. The number of nitrogens with one attached hydrogen (secondary N) is 3. The van der Waals surface area contributed by atoms with Crippen molar-refractivity contribution in [2.75, 3.05) is 13.7 Å². The third-order valence-electron chi connectivity index (χ3n) is 8.99. The van der Waals surface area contributed by atoms with Crippen LogP contribution < -0.4 is 16.0 Å². The van der Waals surface area contributed by atoms with Crippen molar-refractivity contribution in [2.24, 2.45) is 11.8 Å². The van der Waals surface area contributed by atoms with E-state index in [1.807, 2.05) is 19.9 Å². The Kier molecular flexibility index (Phi) is 11.8. The molecule has 2 aromatic rings. The van der Waals surface area contributed by atoms with Crippen LogP contribution in [-0.2, 0) is 29.3 Å². The molecular weight excluding hydrogens is 601 g/mol. The molecule has 1 saturated heterocycles. The summed E-state index contributed by atoms with van der Waals surface area (Å²) < 4.78 is 25.4. The first-order chi connectivity index (χ1) is 21.5. The molecule has 1 heterocycles. The van der Waals surface area contributed by atoms with Gasteiger partial charge in [-0.2, -0.15) is 0 Å². The maximum Gasteiger partial charge on any atom is 0.408 e. The van der Waals surface area contributed by atoms with Crippen molar-refractivity contribution in [1.82, 2.24) is 16.0 Å². The molecule has 11 heteroatoms. The Morgan fingerprint density at radius 1 is 1.00 bits per heavy atom. The molecule has 4 rings (SSSR count). The minimum Gasteiger partial charge on any atom is -0.467 e. The predicted octanol–water partition coefficient (Wildman–Crippen LogP) is 5.75. The molecule has 2 aromatic carbocycles. The zero-order valence-electron chi connectivity index (χ0n) is 26.1. The van der Waals surface area contributed by atoms with Gasteiger partial charge in [0.05, 0.1) is 7.11 Å². The number of alkyl carbamates (subject to hydrolysis) is 1. The molecule has 3 amide bonds. The minimum absolute atomic E-state index is 0.0836. The highest BCUT2D eigenvalue weighted by molar-refractivity contribution is 6.30. The number of benzene rings is 2. The van der Waals surface area contributed by atoms with Crippen molar-refractivity contribution >= 4 is 35.5 Å². The summed E-state index contributed by atoms with van der Waals surface area (Å²) >= 11 is 6.28. The standard InChI is InChI=1S/C34H43ClFN3O6/c1-34(2,24-12-8-13-25(35)20-24)29(22-11-7-14-26(36)18-22)45-33(43)39-27(17-21-9-5-4-6-10-21)31(41)38-28(32(42)44-3)19-23-15-16-37-30(23)40/h7-8,11-14,18,20-21,23,27-29H,4-6,9-10,15-17,19H2,1-3H3,(H,37,40)(H,38,41)(H,39,43)/t23-,27-,28-,29-/m0/s1. The van der Waals surface area contributed by atoms with Crippen molar-refractivity contribution in [1.29, 1.82) is 0 Å². The molecule has 0 radical (unpaired) electrons. The van der Waals surface area contributed by atoms with Gasteiger partial charge >= 0.3 is 12.1 Å². The lowest BCUT2D eigenvalue weighted by Crippen LogP contribution is -2.53. The van der Waals surface area contributed by atoms with Gasteiger partial charge in [0.25, 0.3) is 0 Å². The topological polar surface area (TPSA) is 123 Å². The Morgan fingerprint density at radius 3 is 2.38 bits per heavy atom. The highest BCUT2D eigenvalue weighted by Gasteiger charge is 2.38. The van der Waals surface area contributed by atoms with Gasteiger partial charge in [0.2, 0.25) is 11.8 Å². The lowest BCUT2D eigenvalue weighted by molar-refractivity contribution is -0.146. The van der Waals surface area contributed by atoms with Crippen molar-refractivity contribution in [3.8, 4) is 0 Å². The number of amides is 3. The Bertz CT molecular complexity index is 1360. The number of esters is 1. The molecular formula is C34H43ClFN3O6. The fraction of sp³-hybridized carbons (Fsp3) is 0.529. The average Bonchev–Trinajstić information content (AvgIpc) is 3.43. The number of rotatable bonds is 12. The molecule has 1 aliphatic carbocycles. The second kappa shape index (κ2) is 15.6. The van der Waals surface area contributed by atoms with E-state index in [9.17, 15) is 23.6 Å². The van der Waals surface area contributed by atoms with E-state index in [1.165, 1.54) is 19.2 Å². The highest BCUT2D eigenvalue weighted by Crippen LogP contribution is 2.40. The number of ether oxygens (including phenoxy) is 2. The predicted molar refractivity (Wildman–Crippen MR) is 168 cm³/mol. The molecule has 0 spiro atoms. The molecule has 4 atom stereocenters. The number of methoxy groups -OCH3 is 1. The quantitative estimate of drug-likeness (QED) is 0.253. The molecule has 9 nitrogen and oxygen atoms in total. The maximum atomic E-state index is 14.4. The van der Waals surface area contributed by atoms with E-state index in [-0.39, 0.29) is 18.2 Å². The SMILES string of the molecule is COC(=O)[C@H](C[C@@H]1CCNC1=O)NC(=O)[C@H](CC1CCCCC1)NC(=O)O[C@@H](c1cccc(F)c1)C(C)(C)c1cccc(Cl)c1. The number of carbonyl (C=O) groups excluding carboxylic acids is 4. The van der Waals surface area contributed by atoms with Gasteiger partial charge in [-0.25, -0.2) is 14.0 Å².